The highest BCUT2D eigenvalue weighted by atomic mass is 15.9. The maximum atomic E-state index is 3.80. The van der Waals surface area contributed by atoms with Crippen molar-refractivity contribution in [2.75, 3.05) is 7.05 Å². The van der Waals surface area contributed by atoms with Crippen molar-refractivity contribution in [2.45, 2.75) is 20.8 Å². The lowest BCUT2D eigenvalue weighted by molar-refractivity contribution is 0.231. The van der Waals surface area contributed by atoms with Crippen molar-refractivity contribution in [1.29, 1.82) is 0 Å². The van der Waals surface area contributed by atoms with E-state index in [-0.39, 0.29) is 0 Å². The van der Waals surface area contributed by atoms with Crippen molar-refractivity contribution in [3.05, 3.63) is 0 Å². The molecule has 0 unspecified atom stereocenters. The summed E-state index contributed by atoms with van der Waals surface area (Å²) in [4.78, 5) is 0. The lowest BCUT2D eigenvalue weighted by Crippen LogP contribution is -2.36. The van der Waals surface area contributed by atoms with Crippen molar-refractivity contribution in [1.82, 2.24) is 16.1 Å². The summed E-state index contributed by atoms with van der Waals surface area (Å²) in [6.45, 7) is 5.89. The van der Waals surface area contributed by atoms with Crippen molar-refractivity contribution in [3.8, 4) is 0 Å². The van der Waals surface area contributed by atoms with Crippen LogP contribution in [0.2, 0.25) is 0 Å². The fourth-order valence-electron chi connectivity index (χ4n) is 0.443. The first kappa shape index (κ1) is 8.23. The van der Waals surface area contributed by atoms with Gasteiger partial charge in [-0.2, -0.15) is 0 Å². The van der Waals surface area contributed by atoms with Gasteiger partial charge in [-0.25, -0.2) is 5.53 Å². The molecule has 1 rings (SSSR count). The maximum absolute atomic E-state index is 3.80. The summed E-state index contributed by atoms with van der Waals surface area (Å²) < 4.78 is 0. The first-order valence-corrected chi connectivity index (χ1v) is 3.09. The van der Waals surface area contributed by atoms with Gasteiger partial charge in [-0.1, -0.05) is 13.8 Å². The quantitative estimate of drug-likeness (QED) is 0.495. The Bertz CT molecular complexity index is 99.1. The first-order valence-electron chi connectivity index (χ1n) is 3.09. The van der Waals surface area contributed by atoms with Gasteiger partial charge in [-0.3, -0.25) is 5.43 Å². The molecule has 2 N–H and O–H groups in total. The number of hydrogen-bond donors (Lipinski definition) is 2. The molecule has 0 saturated carbocycles. The molecular weight excluding hydrogens is 116 g/mol. The molecule has 0 aromatic heterocycles. The molecule has 0 aromatic carbocycles. The van der Waals surface area contributed by atoms with Crippen LogP contribution in [0, 0.1) is 0 Å². The third kappa shape index (κ3) is 2.92. The minimum Gasteiger partial charge on any atom is -0.287 e. The van der Waals surface area contributed by atoms with E-state index in [9.17, 15) is 0 Å². The van der Waals surface area contributed by atoms with Crippen LogP contribution >= 0.6 is 0 Å². The molecule has 0 aromatic rings. The van der Waals surface area contributed by atoms with Gasteiger partial charge in [0.05, 0.1) is 0 Å². The molecule has 0 saturated heterocycles. The van der Waals surface area contributed by atoms with Crippen LogP contribution in [0.1, 0.15) is 20.8 Å². The molecule has 1 aliphatic rings. The van der Waals surface area contributed by atoms with E-state index >= 15 is 0 Å². The van der Waals surface area contributed by atoms with Crippen molar-refractivity contribution < 1.29 is 0 Å². The van der Waals surface area contributed by atoms with Gasteiger partial charge in [0.25, 0.3) is 0 Å². The fraction of sp³-hybridized carbons (Fsp3) is 0.800. The third-order valence-corrected chi connectivity index (χ3v) is 0.697. The van der Waals surface area contributed by atoms with E-state index in [1.165, 1.54) is 0 Å². The minimum atomic E-state index is 0.891. The third-order valence-electron chi connectivity index (χ3n) is 0.697. The number of hydrazine groups is 2. The Morgan fingerprint density at radius 3 is 2.11 bits per heavy atom. The molecule has 1 heterocycles. The van der Waals surface area contributed by atoms with E-state index < -0.39 is 0 Å². The van der Waals surface area contributed by atoms with Crippen molar-refractivity contribution in [3.63, 3.8) is 0 Å². The normalized spacial score (nSPS) is 16.7. The van der Waals surface area contributed by atoms with E-state index in [1.54, 1.807) is 5.12 Å². The second kappa shape index (κ2) is 4.14. The number of hydrazone groups is 1. The average molecular weight is 130 g/mol. The molecular formula is C5H14N4. The van der Waals surface area contributed by atoms with Crippen LogP contribution < -0.4 is 11.0 Å². The molecule has 0 bridgehead atoms. The molecule has 0 fully saturated rings. The highest BCUT2D eigenvalue weighted by molar-refractivity contribution is 5.79. The van der Waals surface area contributed by atoms with Crippen LogP contribution in [0.3, 0.4) is 0 Å². The van der Waals surface area contributed by atoms with Gasteiger partial charge < -0.3 is 0 Å². The number of hydrogen-bond acceptors (Lipinski definition) is 4. The van der Waals surface area contributed by atoms with Crippen molar-refractivity contribution in [2.24, 2.45) is 5.10 Å². The van der Waals surface area contributed by atoms with Gasteiger partial charge in [-0.05, 0) is 6.92 Å². The van der Waals surface area contributed by atoms with E-state index in [0.29, 0.717) is 0 Å². The van der Waals surface area contributed by atoms with E-state index in [1.807, 2.05) is 27.8 Å². The largest absolute Gasteiger partial charge is 0.287 e. The molecule has 4 nitrogen and oxygen atoms in total. The molecule has 0 radical (unpaired) electrons. The second-order valence-corrected chi connectivity index (χ2v) is 1.47. The Balaban J connectivity index is 0.000000291. The zero-order chi connectivity index (χ0) is 7.28. The van der Waals surface area contributed by atoms with Crippen molar-refractivity contribution >= 4 is 5.84 Å². The number of nitrogens with one attached hydrogen (secondary N) is 2. The molecule has 0 atom stereocenters. The molecule has 4 heteroatoms. The topological polar surface area (TPSA) is 39.7 Å². The van der Waals surface area contributed by atoms with Gasteiger partial charge in [0, 0.05) is 7.05 Å². The van der Waals surface area contributed by atoms with E-state index in [0.717, 1.165) is 5.84 Å². The van der Waals surface area contributed by atoms with Crippen LogP contribution in [0.4, 0.5) is 0 Å². The fourth-order valence-corrected chi connectivity index (χ4v) is 0.443. The zero-order valence-corrected chi connectivity index (χ0v) is 6.39. The summed E-state index contributed by atoms with van der Waals surface area (Å²) in [5, 5.41) is 5.47. The van der Waals surface area contributed by atoms with Gasteiger partial charge >= 0.3 is 0 Å². The minimum absolute atomic E-state index is 0.891. The van der Waals surface area contributed by atoms with Crippen LogP contribution in [-0.4, -0.2) is 18.0 Å². The summed E-state index contributed by atoms with van der Waals surface area (Å²) in [6, 6.07) is 0. The summed E-state index contributed by atoms with van der Waals surface area (Å²) in [6.07, 6.45) is 0. The summed E-state index contributed by atoms with van der Waals surface area (Å²) >= 11 is 0. The Kier molecular flexibility index (Phi) is 3.79. The standard InChI is InChI=1S/C3H8N4.C2H6/c1-3-4-6-7(2)5-3;1-2/h6H,1-2H3,(H,4,5);1-2H3. The van der Waals surface area contributed by atoms with Crippen LogP contribution in [0.25, 0.3) is 0 Å². The Hall–Kier alpha value is -0.770. The lowest BCUT2D eigenvalue weighted by atomic mass is 10.7. The maximum Gasteiger partial charge on any atom is 0.136 e. The van der Waals surface area contributed by atoms with Gasteiger partial charge in [0.2, 0.25) is 0 Å². The summed E-state index contributed by atoms with van der Waals surface area (Å²) in [5.41, 5.74) is 5.57. The van der Waals surface area contributed by atoms with Gasteiger partial charge in [-0.15, -0.1) is 10.2 Å². The number of amidine groups is 1. The summed E-state index contributed by atoms with van der Waals surface area (Å²) in [7, 11) is 1.85. The van der Waals surface area contributed by atoms with Gasteiger partial charge in [0.15, 0.2) is 0 Å². The highest BCUT2D eigenvalue weighted by Crippen LogP contribution is 1.78. The molecule has 0 spiro atoms. The van der Waals surface area contributed by atoms with Crippen LogP contribution in [0.5, 0.6) is 0 Å². The molecule has 1 aliphatic heterocycles. The smallest absolute Gasteiger partial charge is 0.136 e. The average Bonchev–Trinajstić information content (AvgIpc) is 2.20. The predicted molar refractivity (Wildman–Crippen MR) is 38.5 cm³/mol. The Morgan fingerprint density at radius 1 is 1.44 bits per heavy atom. The van der Waals surface area contributed by atoms with E-state index in [4.69, 9.17) is 0 Å². The second-order valence-electron chi connectivity index (χ2n) is 1.47. The molecule has 54 valence electrons. The SMILES string of the molecule is CC.CC1=NNN(C)N1. The molecule has 9 heavy (non-hydrogen) atoms. The molecule has 0 amide bonds. The first-order chi connectivity index (χ1) is 4.29. The monoisotopic (exact) mass is 130 g/mol. The van der Waals surface area contributed by atoms with Crippen LogP contribution in [-0.2, 0) is 0 Å². The number of nitrogens with zero attached hydrogens (tertiary/aromatic N) is 2. The Labute approximate surface area is 55.9 Å². The Morgan fingerprint density at radius 2 is 2.00 bits per heavy atom. The summed E-state index contributed by atoms with van der Waals surface area (Å²) in [5.74, 6) is 0.891. The van der Waals surface area contributed by atoms with Gasteiger partial charge in [0.1, 0.15) is 5.84 Å². The van der Waals surface area contributed by atoms with Crippen LogP contribution in [0.15, 0.2) is 5.10 Å². The predicted octanol–water partition coefficient (Wildman–Crippen LogP) is 0.301. The highest BCUT2D eigenvalue weighted by Gasteiger charge is 2.01. The van der Waals surface area contributed by atoms with E-state index in [2.05, 4.69) is 16.1 Å². The number of rotatable bonds is 0. The zero-order valence-electron chi connectivity index (χ0n) is 6.39. The molecule has 0 aliphatic carbocycles. The lowest BCUT2D eigenvalue weighted by Gasteiger charge is -2.05.